The fourth-order valence-electron chi connectivity index (χ4n) is 1.54. The molecule has 0 fully saturated rings. The molecule has 0 unspecified atom stereocenters. The largest absolute Gasteiger partial charge is 0.398 e. The summed E-state index contributed by atoms with van der Waals surface area (Å²) < 4.78 is 6.68. The van der Waals surface area contributed by atoms with Crippen LogP contribution in [0.25, 0.3) is 0 Å². The van der Waals surface area contributed by atoms with Gasteiger partial charge in [-0.25, -0.2) is 0 Å². The number of hydrogen-bond acceptors (Lipinski definition) is 5. The molecule has 0 aliphatic heterocycles. The third kappa shape index (κ3) is 3.33. The highest BCUT2D eigenvalue weighted by molar-refractivity contribution is 7.14. The number of nitrogens with two attached hydrogens (primary N) is 1. The van der Waals surface area contributed by atoms with Gasteiger partial charge in [-0.2, -0.15) is 5.10 Å². The predicted molar refractivity (Wildman–Crippen MR) is 75.5 cm³/mol. The lowest BCUT2D eigenvalue weighted by molar-refractivity contribution is 0.103. The SMILES string of the molecule is COCCn1cc(NC(=O)c2cc(N)c(C)s2)cn1. The van der Waals surface area contributed by atoms with Crippen molar-refractivity contribution < 1.29 is 9.53 Å². The van der Waals surface area contributed by atoms with Gasteiger partial charge in [-0.1, -0.05) is 0 Å². The molecule has 19 heavy (non-hydrogen) atoms. The second kappa shape index (κ2) is 5.85. The molecule has 0 spiro atoms. The molecule has 1 amide bonds. The molecule has 0 saturated carbocycles. The van der Waals surface area contributed by atoms with Gasteiger partial charge in [0.2, 0.25) is 0 Å². The van der Waals surface area contributed by atoms with Crippen LogP contribution in [0.15, 0.2) is 18.5 Å². The molecule has 2 heterocycles. The van der Waals surface area contributed by atoms with Gasteiger partial charge in [0.15, 0.2) is 0 Å². The van der Waals surface area contributed by atoms with Gasteiger partial charge in [-0.05, 0) is 13.0 Å². The number of nitrogens with zero attached hydrogens (tertiary/aromatic N) is 2. The van der Waals surface area contributed by atoms with E-state index in [1.54, 1.807) is 30.3 Å². The number of carbonyl (C=O) groups excluding carboxylic acids is 1. The minimum atomic E-state index is -0.170. The lowest BCUT2D eigenvalue weighted by atomic mass is 10.3. The van der Waals surface area contributed by atoms with E-state index in [-0.39, 0.29) is 5.91 Å². The quantitative estimate of drug-likeness (QED) is 0.874. The van der Waals surface area contributed by atoms with Gasteiger partial charge < -0.3 is 15.8 Å². The summed E-state index contributed by atoms with van der Waals surface area (Å²) in [5.41, 5.74) is 7.03. The minimum absolute atomic E-state index is 0.170. The van der Waals surface area contributed by atoms with Crippen molar-refractivity contribution in [3.8, 4) is 0 Å². The molecule has 0 aliphatic carbocycles. The van der Waals surface area contributed by atoms with E-state index in [2.05, 4.69) is 10.4 Å². The van der Waals surface area contributed by atoms with Crippen molar-refractivity contribution in [2.75, 3.05) is 24.8 Å². The van der Waals surface area contributed by atoms with Crippen molar-refractivity contribution in [1.82, 2.24) is 9.78 Å². The fraction of sp³-hybridized carbons (Fsp3) is 0.333. The molecule has 0 aliphatic rings. The van der Waals surface area contributed by atoms with Crippen LogP contribution in [0.2, 0.25) is 0 Å². The normalized spacial score (nSPS) is 10.6. The summed E-state index contributed by atoms with van der Waals surface area (Å²) in [4.78, 5) is 13.5. The Balaban J connectivity index is 2.00. The number of nitrogens with one attached hydrogen (secondary N) is 1. The molecule has 102 valence electrons. The summed E-state index contributed by atoms with van der Waals surface area (Å²) in [6.07, 6.45) is 3.37. The van der Waals surface area contributed by atoms with Crippen molar-refractivity contribution in [3.05, 3.63) is 28.2 Å². The number of hydrogen-bond donors (Lipinski definition) is 2. The summed E-state index contributed by atoms with van der Waals surface area (Å²) >= 11 is 1.38. The lowest BCUT2D eigenvalue weighted by Crippen LogP contribution is -2.09. The van der Waals surface area contributed by atoms with Gasteiger partial charge in [0.1, 0.15) is 0 Å². The third-order valence-corrected chi connectivity index (χ3v) is 3.66. The van der Waals surface area contributed by atoms with Crippen LogP contribution in [-0.2, 0) is 11.3 Å². The molecule has 0 radical (unpaired) electrons. The molecular weight excluding hydrogens is 264 g/mol. The van der Waals surface area contributed by atoms with Crippen LogP contribution in [0, 0.1) is 6.92 Å². The van der Waals surface area contributed by atoms with Crippen LogP contribution in [0.4, 0.5) is 11.4 Å². The minimum Gasteiger partial charge on any atom is -0.398 e. The van der Waals surface area contributed by atoms with E-state index in [4.69, 9.17) is 10.5 Å². The highest BCUT2D eigenvalue weighted by Gasteiger charge is 2.11. The fourth-order valence-corrected chi connectivity index (χ4v) is 2.37. The van der Waals surface area contributed by atoms with Gasteiger partial charge in [-0.3, -0.25) is 9.48 Å². The zero-order chi connectivity index (χ0) is 13.8. The summed E-state index contributed by atoms with van der Waals surface area (Å²) in [6.45, 7) is 3.12. The van der Waals surface area contributed by atoms with E-state index < -0.39 is 0 Å². The summed E-state index contributed by atoms with van der Waals surface area (Å²) in [5, 5.41) is 6.91. The van der Waals surface area contributed by atoms with Crippen LogP contribution in [0.5, 0.6) is 0 Å². The average Bonchev–Trinajstić information content (AvgIpc) is 2.95. The van der Waals surface area contributed by atoms with E-state index >= 15 is 0 Å². The monoisotopic (exact) mass is 280 g/mol. The van der Waals surface area contributed by atoms with Gasteiger partial charge in [0, 0.05) is 23.9 Å². The van der Waals surface area contributed by atoms with E-state index in [9.17, 15) is 4.79 Å². The Labute approximate surface area is 115 Å². The van der Waals surface area contributed by atoms with Gasteiger partial charge in [0.05, 0.1) is 29.9 Å². The van der Waals surface area contributed by atoms with Gasteiger partial charge in [0.25, 0.3) is 5.91 Å². The zero-order valence-corrected chi connectivity index (χ0v) is 11.7. The Morgan fingerprint density at radius 1 is 1.63 bits per heavy atom. The molecule has 6 nitrogen and oxygen atoms in total. The maximum absolute atomic E-state index is 12.0. The number of aryl methyl sites for hydroxylation is 1. The number of anilines is 2. The van der Waals surface area contributed by atoms with Crippen molar-refractivity contribution >= 4 is 28.6 Å². The van der Waals surface area contributed by atoms with Gasteiger partial charge >= 0.3 is 0 Å². The first-order valence-electron chi connectivity index (χ1n) is 5.79. The second-order valence-corrected chi connectivity index (χ2v) is 5.32. The van der Waals surface area contributed by atoms with Crippen LogP contribution in [-0.4, -0.2) is 29.4 Å². The molecule has 0 bridgehead atoms. The molecule has 2 rings (SSSR count). The van der Waals surface area contributed by atoms with E-state index in [0.29, 0.717) is 29.4 Å². The number of amides is 1. The highest BCUT2D eigenvalue weighted by atomic mass is 32.1. The standard InChI is InChI=1S/C12H16N4O2S/c1-8-10(13)5-11(19-8)12(17)15-9-6-14-16(7-9)3-4-18-2/h5-7H,3-4,13H2,1-2H3,(H,15,17). The maximum atomic E-state index is 12.0. The zero-order valence-electron chi connectivity index (χ0n) is 10.8. The number of thiophene rings is 1. The Hall–Kier alpha value is -1.86. The smallest absolute Gasteiger partial charge is 0.265 e. The molecular formula is C12H16N4O2S. The first-order valence-corrected chi connectivity index (χ1v) is 6.60. The predicted octanol–water partition coefficient (Wildman–Crippen LogP) is 1.73. The number of rotatable bonds is 5. The van der Waals surface area contributed by atoms with Crippen LogP contribution in [0.3, 0.4) is 0 Å². The summed E-state index contributed by atoms with van der Waals surface area (Å²) in [7, 11) is 1.63. The molecule has 0 atom stereocenters. The Morgan fingerprint density at radius 2 is 2.42 bits per heavy atom. The summed E-state index contributed by atoms with van der Waals surface area (Å²) in [5.74, 6) is -0.170. The molecule has 0 aromatic carbocycles. The van der Waals surface area contributed by atoms with E-state index in [1.165, 1.54) is 11.3 Å². The molecule has 2 aromatic heterocycles. The highest BCUT2D eigenvalue weighted by Crippen LogP contribution is 2.24. The molecule has 0 saturated heterocycles. The lowest BCUT2D eigenvalue weighted by Gasteiger charge is -2.00. The maximum Gasteiger partial charge on any atom is 0.265 e. The number of methoxy groups -OCH3 is 1. The Kier molecular flexibility index (Phi) is 4.18. The van der Waals surface area contributed by atoms with Crippen LogP contribution >= 0.6 is 11.3 Å². The number of aromatic nitrogens is 2. The van der Waals surface area contributed by atoms with Gasteiger partial charge in [-0.15, -0.1) is 11.3 Å². The molecule has 2 aromatic rings. The first-order chi connectivity index (χ1) is 9.10. The van der Waals surface area contributed by atoms with Crippen molar-refractivity contribution in [1.29, 1.82) is 0 Å². The summed E-state index contributed by atoms with van der Waals surface area (Å²) in [6, 6.07) is 1.69. The third-order valence-electron chi connectivity index (χ3n) is 2.60. The van der Waals surface area contributed by atoms with Crippen molar-refractivity contribution in [3.63, 3.8) is 0 Å². The average molecular weight is 280 g/mol. The molecule has 3 N–H and O–H groups in total. The topological polar surface area (TPSA) is 82.2 Å². The number of nitrogen functional groups attached to an aromatic ring is 1. The number of carbonyl (C=O) groups is 1. The molecule has 7 heteroatoms. The van der Waals surface area contributed by atoms with Crippen LogP contribution < -0.4 is 11.1 Å². The van der Waals surface area contributed by atoms with Crippen molar-refractivity contribution in [2.24, 2.45) is 0 Å². The number of ether oxygens (including phenoxy) is 1. The Bertz CT molecular complexity index is 557. The second-order valence-electron chi connectivity index (χ2n) is 4.06. The van der Waals surface area contributed by atoms with E-state index in [0.717, 1.165) is 4.88 Å². The van der Waals surface area contributed by atoms with Crippen molar-refractivity contribution in [2.45, 2.75) is 13.5 Å². The van der Waals surface area contributed by atoms with E-state index in [1.807, 2.05) is 6.92 Å². The Morgan fingerprint density at radius 3 is 3.05 bits per heavy atom. The first kappa shape index (κ1) is 13.6. The van der Waals surface area contributed by atoms with Crippen LogP contribution in [0.1, 0.15) is 14.5 Å².